The molecule has 3 heterocycles. The Morgan fingerprint density at radius 1 is 1.25 bits per heavy atom. The summed E-state index contributed by atoms with van der Waals surface area (Å²) in [6, 6.07) is 3.02. The van der Waals surface area contributed by atoms with Gasteiger partial charge < -0.3 is 4.74 Å². The molecular weight excluding hydrogens is 347 g/mol. The number of rotatable bonds is 1. The van der Waals surface area contributed by atoms with Crippen molar-refractivity contribution in [1.82, 2.24) is 0 Å². The van der Waals surface area contributed by atoms with E-state index in [1.54, 1.807) is 19.1 Å². The Morgan fingerprint density at radius 2 is 1.96 bits per heavy atom. The molecule has 3 aliphatic rings. The predicted molar refractivity (Wildman–Crippen MR) is 78.3 cm³/mol. The number of fused-ring (bicyclic) bond motifs is 5. The topological polar surface area (TPSA) is 46.6 Å². The van der Waals surface area contributed by atoms with Crippen LogP contribution in [0, 0.1) is 11.8 Å². The summed E-state index contributed by atoms with van der Waals surface area (Å²) in [7, 11) is 0. The number of nitrogens with zero attached hydrogens (tertiary/aromatic N) is 1. The first-order chi connectivity index (χ1) is 11.1. The van der Waals surface area contributed by atoms with Gasteiger partial charge in [-0.3, -0.25) is 9.59 Å². The van der Waals surface area contributed by atoms with Crippen molar-refractivity contribution < 1.29 is 27.5 Å². The Bertz CT molecular complexity index is 806. The maximum atomic E-state index is 13.0. The molecule has 24 heavy (non-hydrogen) atoms. The van der Waals surface area contributed by atoms with E-state index < -0.39 is 52.1 Å². The van der Waals surface area contributed by atoms with Gasteiger partial charge in [-0.05, 0) is 25.1 Å². The summed E-state index contributed by atoms with van der Waals surface area (Å²) >= 11 is 5.60. The zero-order valence-corrected chi connectivity index (χ0v) is 13.1. The normalized spacial score (nSPS) is 34.4. The molecule has 2 amide bonds. The van der Waals surface area contributed by atoms with Crippen LogP contribution in [0.4, 0.5) is 18.9 Å². The molecule has 2 saturated heterocycles. The first-order valence-corrected chi connectivity index (χ1v) is 7.63. The van der Waals surface area contributed by atoms with Crippen LogP contribution in [-0.2, 0) is 20.5 Å². The molecule has 0 spiro atoms. The van der Waals surface area contributed by atoms with E-state index in [4.69, 9.17) is 16.3 Å². The van der Waals surface area contributed by atoms with E-state index in [9.17, 15) is 22.8 Å². The number of amides is 2. The molecule has 0 aliphatic carbocycles. The van der Waals surface area contributed by atoms with Crippen LogP contribution in [-0.4, -0.2) is 23.5 Å². The van der Waals surface area contributed by atoms with E-state index >= 15 is 0 Å². The van der Waals surface area contributed by atoms with Crippen molar-refractivity contribution >= 4 is 29.1 Å². The van der Waals surface area contributed by atoms with Gasteiger partial charge in [0.2, 0.25) is 11.8 Å². The Morgan fingerprint density at radius 3 is 2.58 bits per heavy atom. The zero-order chi connectivity index (χ0) is 17.4. The van der Waals surface area contributed by atoms with Crippen LogP contribution >= 0.6 is 11.6 Å². The predicted octanol–water partition coefficient (Wildman–Crippen LogP) is 3.19. The molecule has 0 aromatic heterocycles. The first-order valence-electron chi connectivity index (χ1n) is 7.25. The lowest BCUT2D eigenvalue weighted by molar-refractivity contribution is -0.137. The lowest BCUT2D eigenvalue weighted by Gasteiger charge is -2.24. The van der Waals surface area contributed by atoms with Gasteiger partial charge in [0.05, 0.1) is 39.8 Å². The highest BCUT2D eigenvalue weighted by Gasteiger charge is 2.66. The van der Waals surface area contributed by atoms with Crippen LogP contribution in [0.25, 0.3) is 0 Å². The van der Waals surface area contributed by atoms with Gasteiger partial charge in [0, 0.05) is 0 Å². The van der Waals surface area contributed by atoms with Crippen molar-refractivity contribution in [2.24, 2.45) is 11.8 Å². The molecule has 0 N–H and O–H groups in total. The number of hydrogen-bond donors (Lipinski definition) is 0. The molecule has 0 unspecified atom stereocenters. The highest BCUT2D eigenvalue weighted by molar-refractivity contribution is 6.31. The monoisotopic (exact) mass is 357 g/mol. The van der Waals surface area contributed by atoms with Crippen molar-refractivity contribution in [3.05, 3.63) is 40.9 Å². The maximum absolute atomic E-state index is 13.0. The van der Waals surface area contributed by atoms with E-state index in [-0.39, 0.29) is 5.69 Å². The fraction of sp³-hybridized carbons (Fsp3) is 0.375. The number of ether oxygens (including phenoxy) is 1. The molecule has 2 fully saturated rings. The Hall–Kier alpha value is -1.86. The molecule has 4 atom stereocenters. The third-order valence-electron chi connectivity index (χ3n) is 4.84. The molecule has 4 rings (SSSR count). The fourth-order valence-electron chi connectivity index (χ4n) is 3.78. The van der Waals surface area contributed by atoms with Crippen molar-refractivity contribution in [3.63, 3.8) is 0 Å². The maximum Gasteiger partial charge on any atom is 0.417 e. The highest BCUT2D eigenvalue weighted by Crippen LogP contribution is 2.52. The second-order valence-corrected chi connectivity index (χ2v) is 6.71. The van der Waals surface area contributed by atoms with Crippen LogP contribution in [0.3, 0.4) is 0 Å². The molecule has 126 valence electrons. The highest BCUT2D eigenvalue weighted by atomic mass is 35.5. The van der Waals surface area contributed by atoms with Gasteiger partial charge in [0.1, 0.15) is 0 Å². The standard InChI is InChI=1S/C16H11ClF3NO3/c1-15-5-4-10(24-15)11-12(15)14(23)21(13(11)22)7-2-3-9(17)8(6-7)16(18,19)20/h2-6,10-12H,1H3/t10-,11-,12+,15+/m1/s1. The quantitative estimate of drug-likeness (QED) is 0.573. The summed E-state index contributed by atoms with van der Waals surface area (Å²) in [6.07, 6.45) is -1.74. The third-order valence-corrected chi connectivity index (χ3v) is 5.17. The van der Waals surface area contributed by atoms with Gasteiger partial charge in [-0.15, -0.1) is 0 Å². The Kier molecular flexibility index (Phi) is 3.01. The van der Waals surface area contributed by atoms with Gasteiger partial charge >= 0.3 is 6.18 Å². The molecule has 0 radical (unpaired) electrons. The Balaban J connectivity index is 1.77. The van der Waals surface area contributed by atoms with Crippen LogP contribution in [0.1, 0.15) is 12.5 Å². The van der Waals surface area contributed by atoms with Crippen molar-refractivity contribution in [2.75, 3.05) is 4.90 Å². The van der Waals surface area contributed by atoms with E-state index in [1.807, 2.05) is 0 Å². The van der Waals surface area contributed by atoms with Gasteiger partial charge in [0.25, 0.3) is 0 Å². The molecule has 1 aromatic rings. The average Bonchev–Trinajstić information content (AvgIpc) is 3.08. The smallest absolute Gasteiger partial charge is 0.362 e. The number of hydrogen-bond acceptors (Lipinski definition) is 3. The minimum absolute atomic E-state index is 0.126. The SMILES string of the molecule is C[C@@]12C=C[C@@H](O1)[C@H]1C(=O)N(c3ccc(Cl)c(C(F)(F)F)c3)C(=O)[C@H]12. The average molecular weight is 358 g/mol. The fourth-order valence-corrected chi connectivity index (χ4v) is 4.00. The van der Waals surface area contributed by atoms with E-state index in [1.165, 1.54) is 6.07 Å². The minimum Gasteiger partial charge on any atom is -0.362 e. The molecule has 8 heteroatoms. The third kappa shape index (κ3) is 1.91. The summed E-state index contributed by atoms with van der Waals surface area (Å²) in [6.45, 7) is 1.70. The number of carbonyl (C=O) groups excluding carboxylic acids is 2. The number of alkyl halides is 3. The zero-order valence-electron chi connectivity index (χ0n) is 12.3. The summed E-state index contributed by atoms with van der Waals surface area (Å²) in [4.78, 5) is 26.2. The van der Waals surface area contributed by atoms with Crippen LogP contribution in [0.15, 0.2) is 30.4 Å². The molecule has 2 bridgehead atoms. The van der Waals surface area contributed by atoms with Crippen LogP contribution < -0.4 is 4.90 Å². The van der Waals surface area contributed by atoms with Crippen molar-refractivity contribution in [3.8, 4) is 0 Å². The number of halogens is 4. The van der Waals surface area contributed by atoms with E-state index in [0.717, 1.165) is 17.0 Å². The molecule has 1 aromatic carbocycles. The number of anilines is 1. The van der Waals surface area contributed by atoms with Crippen LogP contribution in [0.5, 0.6) is 0 Å². The largest absolute Gasteiger partial charge is 0.417 e. The van der Waals surface area contributed by atoms with Gasteiger partial charge in [0.15, 0.2) is 0 Å². The summed E-state index contributed by atoms with van der Waals surface area (Å²) < 4.78 is 44.8. The summed E-state index contributed by atoms with van der Waals surface area (Å²) in [5.74, 6) is -2.50. The summed E-state index contributed by atoms with van der Waals surface area (Å²) in [5, 5.41) is -0.484. The lowest BCUT2D eigenvalue weighted by Crippen LogP contribution is -2.38. The Labute approximate surface area is 139 Å². The molecule has 0 saturated carbocycles. The second-order valence-electron chi connectivity index (χ2n) is 6.30. The second kappa shape index (κ2) is 4.61. The first kappa shape index (κ1) is 15.7. The van der Waals surface area contributed by atoms with Gasteiger partial charge in [-0.2, -0.15) is 13.2 Å². The molecule has 3 aliphatic heterocycles. The number of imide groups is 1. The van der Waals surface area contributed by atoms with E-state index in [0.29, 0.717) is 0 Å². The van der Waals surface area contributed by atoms with Crippen molar-refractivity contribution in [2.45, 2.75) is 24.8 Å². The van der Waals surface area contributed by atoms with Crippen LogP contribution in [0.2, 0.25) is 5.02 Å². The summed E-state index contributed by atoms with van der Waals surface area (Å²) in [5.41, 5.74) is -2.10. The number of carbonyl (C=O) groups is 2. The number of benzene rings is 1. The van der Waals surface area contributed by atoms with E-state index in [2.05, 4.69) is 0 Å². The molecular formula is C16H11ClF3NO3. The molecule has 4 nitrogen and oxygen atoms in total. The van der Waals surface area contributed by atoms with Gasteiger partial charge in [-0.1, -0.05) is 23.8 Å². The lowest BCUT2D eigenvalue weighted by atomic mass is 9.78. The van der Waals surface area contributed by atoms with Gasteiger partial charge in [-0.25, -0.2) is 4.90 Å². The van der Waals surface area contributed by atoms with Crippen molar-refractivity contribution in [1.29, 1.82) is 0 Å². The minimum atomic E-state index is -4.68.